The Hall–Kier alpha value is -1.98. The molecular weight excluding hydrogens is 267 g/mol. The highest BCUT2D eigenvalue weighted by molar-refractivity contribution is 6.58. The zero-order valence-electron chi connectivity index (χ0n) is 12.0. The second-order valence-corrected chi connectivity index (χ2v) is 4.72. The zero-order valence-corrected chi connectivity index (χ0v) is 12.0. The molecule has 5 heteroatoms. The Bertz CT molecular complexity index is 537. The SMILES string of the molecule is CCCOc1ccc(OCc2ccc(B(O)O)cc2)cc1. The van der Waals surface area contributed by atoms with E-state index >= 15 is 0 Å². The van der Waals surface area contributed by atoms with E-state index in [1.54, 1.807) is 12.1 Å². The van der Waals surface area contributed by atoms with Crippen molar-refractivity contribution in [3.05, 3.63) is 54.1 Å². The molecule has 21 heavy (non-hydrogen) atoms. The van der Waals surface area contributed by atoms with Crippen molar-refractivity contribution in [2.75, 3.05) is 6.61 Å². The third-order valence-corrected chi connectivity index (χ3v) is 2.98. The summed E-state index contributed by atoms with van der Waals surface area (Å²) in [5.74, 6) is 1.61. The molecule has 2 aromatic carbocycles. The summed E-state index contributed by atoms with van der Waals surface area (Å²) in [5.41, 5.74) is 1.43. The molecule has 2 rings (SSSR count). The summed E-state index contributed by atoms with van der Waals surface area (Å²) in [6.45, 7) is 3.21. The van der Waals surface area contributed by atoms with Gasteiger partial charge < -0.3 is 19.5 Å². The summed E-state index contributed by atoms with van der Waals surface area (Å²) in [7, 11) is -1.43. The van der Waals surface area contributed by atoms with Crippen LogP contribution >= 0.6 is 0 Å². The number of ether oxygens (including phenoxy) is 2. The average Bonchev–Trinajstić information content (AvgIpc) is 2.52. The first kappa shape index (κ1) is 15.4. The van der Waals surface area contributed by atoms with Crippen LogP contribution in [-0.4, -0.2) is 23.8 Å². The quantitative estimate of drug-likeness (QED) is 0.761. The monoisotopic (exact) mass is 286 g/mol. The molecule has 4 nitrogen and oxygen atoms in total. The summed E-state index contributed by atoms with van der Waals surface area (Å²) in [6.07, 6.45) is 0.983. The minimum Gasteiger partial charge on any atom is -0.494 e. The van der Waals surface area contributed by atoms with Crippen molar-refractivity contribution >= 4 is 12.6 Å². The molecule has 0 aliphatic heterocycles. The Kier molecular flexibility index (Phi) is 5.66. The lowest BCUT2D eigenvalue weighted by Gasteiger charge is -2.09. The van der Waals surface area contributed by atoms with Crippen LogP contribution in [-0.2, 0) is 6.61 Å². The summed E-state index contributed by atoms with van der Waals surface area (Å²) in [6, 6.07) is 14.5. The molecule has 0 amide bonds. The Labute approximate surface area is 125 Å². The lowest BCUT2D eigenvalue weighted by molar-refractivity contribution is 0.301. The lowest BCUT2D eigenvalue weighted by atomic mass is 9.80. The summed E-state index contributed by atoms with van der Waals surface area (Å²) in [5, 5.41) is 18.0. The minimum atomic E-state index is -1.43. The first-order valence-electron chi connectivity index (χ1n) is 6.99. The zero-order chi connectivity index (χ0) is 15.1. The van der Waals surface area contributed by atoms with Crippen LogP contribution in [0.5, 0.6) is 11.5 Å². The highest BCUT2D eigenvalue weighted by Crippen LogP contribution is 2.18. The van der Waals surface area contributed by atoms with Crippen LogP contribution < -0.4 is 14.9 Å². The molecule has 0 radical (unpaired) electrons. The molecule has 0 unspecified atom stereocenters. The van der Waals surface area contributed by atoms with Gasteiger partial charge in [-0.2, -0.15) is 0 Å². The van der Waals surface area contributed by atoms with Gasteiger partial charge in [-0.15, -0.1) is 0 Å². The van der Waals surface area contributed by atoms with Crippen molar-refractivity contribution in [2.45, 2.75) is 20.0 Å². The van der Waals surface area contributed by atoms with E-state index < -0.39 is 7.12 Å². The van der Waals surface area contributed by atoms with E-state index in [0.717, 1.165) is 23.5 Å². The fraction of sp³-hybridized carbons (Fsp3) is 0.250. The number of rotatable bonds is 7. The second-order valence-electron chi connectivity index (χ2n) is 4.72. The van der Waals surface area contributed by atoms with Gasteiger partial charge in [0, 0.05) is 0 Å². The van der Waals surface area contributed by atoms with E-state index in [0.29, 0.717) is 18.7 Å². The smallest absolute Gasteiger partial charge is 0.488 e. The van der Waals surface area contributed by atoms with Gasteiger partial charge in [-0.25, -0.2) is 0 Å². The number of benzene rings is 2. The summed E-state index contributed by atoms with van der Waals surface area (Å²) in [4.78, 5) is 0. The van der Waals surface area contributed by atoms with E-state index in [4.69, 9.17) is 19.5 Å². The third kappa shape index (κ3) is 4.81. The van der Waals surface area contributed by atoms with E-state index in [9.17, 15) is 0 Å². The van der Waals surface area contributed by atoms with Gasteiger partial charge in [-0.1, -0.05) is 31.2 Å². The first-order chi connectivity index (χ1) is 10.2. The van der Waals surface area contributed by atoms with Crippen LogP contribution in [0, 0.1) is 0 Å². The normalized spacial score (nSPS) is 10.2. The van der Waals surface area contributed by atoms with Crippen molar-refractivity contribution in [2.24, 2.45) is 0 Å². The van der Waals surface area contributed by atoms with Gasteiger partial charge in [-0.3, -0.25) is 0 Å². The van der Waals surface area contributed by atoms with Gasteiger partial charge in [0.15, 0.2) is 0 Å². The van der Waals surface area contributed by atoms with Crippen LogP contribution in [0.25, 0.3) is 0 Å². The molecule has 0 fully saturated rings. The molecule has 0 spiro atoms. The third-order valence-electron chi connectivity index (χ3n) is 2.98. The molecule has 2 aromatic rings. The minimum absolute atomic E-state index is 0.428. The van der Waals surface area contributed by atoms with Crippen molar-refractivity contribution < 1.29 is 19.5 Å². The van der Waals surface area contributed by atoms with Gasteiger partial charge in [0.2, 0.25) is 0 Å². The Morgan fingerprint density at radius 3 is 1.95 bits per heavy atom. The fourth-order valence-electron chi connectivity index (χ4n) is 1.80. The average molecular weight is 286 g/mol. The Morgan fingerprint density at radius 2 is 1.43 bits per heavy atom. The van der Waals surface area contributed by atoms with Gasteiger partial charge in [-0.05, 0) is 41.7 Å². The predicted octanol–water partition coefficient (Wildman–Crippen LogP) is 1.73. The van der Waals surface area contributed by atoms with Crippen molar-refractivity contribution in [1.29, 1.82) is 0 Å². The van der Waals surface area contributed by atoms with E-state index in [2.05, 4.69) is 6.92 Å². The highest BCUT2D eigenvalue weighted by Gasteiger charge is 2.09. The summed E-state index contributed by atoms with van der Waals surface area (Å²) >= 11 is 0. The molecule has 0 aliphatic carbocycles. The van der Waals surface area contributed by atoms with Crippen molar-refractivity contribution in [3.8, 4) is 11.5 Å². The topological polar surface area (TPSA) is 58.9 Å². The van der Waals surface area contributed by atoms with E-state index in [1.807, 2.05) is 36.4 Å². The second kappa shape index (κ2) is 7.71. The molecule has 0 saturated carbocycles. The molecule has 0 aliphatic rings. The molecule has 0 aromatic heterocycles. The first-order valence-corrected chi connectivity index (χ1v) is 6.99. The van der Waals surface area contributed by atoms with Gasteiger partial charge >= 0.3 is 7.12 Å². The molecule has 0 saturated heterocycles. The molecule has 0 heterocycles. The van der Waals surface area contributed by atoms with Crippen molar-refractivity contribution in [1.82, 2.24) is 0 Å². The largest absolute Gasteiger partial charge is 0.494 e. The Morgan fingerprint density at radius 1 is 0.857 bits per heavy atom. The maximum Gasteiger partial charge on any atom is 0.488 e. The Balaban J connectivity index is 1.87. The maximum absolute atomic E-state index is 9.02. The van der Waals surface area contributed by atoms with Gasteiger partial charge in [0.05, 0.1) is 6.61 Å². The van der Waals surface area contributed by atoms with Gasteiger partial charge in [0.1, 0.15) is 18.1 Å². The highest BCUT2D eigenvalue weighted by atomic mass is 16.5. The summed E-state index contributed by atoms with van der Waals surface area (Å²) < 4.78 is 11.2. The molecule has 110 valence electrons. The molecular formula is C16H19BO4. The predicted molar refractivity (Wildman–Crippen MR) is 82.8 cm³/mol. The molecule has 0 bridgehead atoms. The maximum atomic E-state index is 9.02. The van der Waals surface area contributed by atoms with Gasteiger partial charge in [0.25, 0.3) is 0 Å². The van der Waals surface area contributed by atoms with E-state index in [-0.39, 0.29) is 0 Å². The number of hydrogen-bond acceptors (Lipinski definition) is 4. The number of hydrogen-bond donors (Lipinski definition) is 2. The van der Waals surface area contributed by atoms with Crippen LogP contribution in [0.3, 0.4) is 0 Å². The fourth-order valence-corrected chi connectivity index (χ4v) is 1.80. The van der Waals surface area contributed by atoms with Crippen LogP contribution in [0.4, 0.5) is 0 Å². The van der Waals surface area contributed by atoms with Crippen LogP contribution in [0.15, 0.2) is 48.5 Å². The van der Waals surface area contributed by atoms with Crippen LogP contribution in [0.1, 0.15) is 18.9 Å². The molecule has 0 atom stereocenters. The molecule has 2 N–H and O–H groups in total. The van der Waals surface area contributed by atoms with Crippen molar-refractivity contribution in [3.63, 3.8) is 0 Å². The lowest BCUT2D eigenvalue weighted by Crippen LogP contribution is -2.29. The van der Waals surface area contributed by atoms with E-state index in [1.165, 1.54) is 0 Å². The van der Waals surface area contributed by atoms with Crippen LogP contribution in [0.2, 0.25) is 0 Å². The standard InChI is InChI=1S/C16H19BO4/c1-2-11-20-15-7-9-16(10-8-15)21-12-13-3-5-14(6-4-13)17(18)19/h3-10,18-19H,2,11-12H2,1H3.